The van der Waals surface area contributed by atoms with Crippen LogP contribution in [0.15, 0.2) is 27.4 Å². The molecule has 2 heterocycles. The van der Waals surface area contributed by atoms with E-state index >= 15 is 0 Å². The summed E-state index contributed by atoms with van der Waals surface area (Å²) in [5.41, 5.74) is 2.83. The molecule has 84 valence electrons. The van der Waals surface area contributed by atoms with E-state index in [0.29, 0.717) is 11.6 Å². The molecule has 1 unspecified atom stereocenters. The fraction of sp³-hybridized carbons (Fsp3) is 0.417. The molecule has 4 nitrogen and oxygen atoms in total. The van der Waals surface area contributed by atoms with Crippen LogP contribution < -0.4 is 11.1 Å². The zero-order valence-corrected chi connectivity index (χ0v) is 9.33. The van der Waals surface area contributed by atoms with Gasteiger partial charge in [-0.25, -0.2) is 4.79 Å². The minimum atomic E-state index is -0.395. The zero-order chi connectivity index (χ0) is 11.3. The van der Waals surface area contributed by atoms with E-state index in [1.807, 2.05) is 18.2 Å². The van der Waals surface area contributed by atoms with Crippen molar-refractivity contribution in [2.75, 3.05) is 6.54 Å². The number of aromatic nitrogens is 1. The number of H-pyrrole nitrogens is 1. The van der Waals surface area contributed by atoms with Crippen molar-refractivity contribution in [3.05, 3.63) is 34.3 Å². The Hall–Kier alpha value is -1.55. The standard InChI is InChI=1S/C12H14N2O2/c1-12(2)6-13-10(12)7-3-4-8-9(5-7)16-11(15)14-8/h3-5,10,13H,6H2,1-2H3,(H,14,15). The Kier molecular flexibility index (Phi) is 1.80. The number of nitrogens with one attached hydrogen (secondary N) is 2. The van der Waals surface area contributed by atoms with Crippen LogP contribution in [0, 0.1) is 5.41 Å². The molecule has 0 aliphatic carbocycles. The highest BCUT2D eigenvalue weighted by molar-refractivity contribution is 5.73. The third-order valence-electron chi connectivity index (χ3n) is 3.32. The van der Waals surface area contributed by atoms with Gasteiger partial charge in [-0.3, -0.25) is 4.98 Å². The minimum Gasteiger partial charge on any atom is -0.408 e. The van der Waals surface area contributed by atoms with Crippen molar-refractivity contribution >= 4 is 11.1 Å². The van der Waals surface area contributed by atoms with Gasteiger partial charge in [-0.05, 0) is 23.1 Å². The maximum Gasteiger partial charge on any atom is 0.417 e. The van der Waals surface area contributed by atoms with Crippen LogP contribution >= 0.6 is 0 Å². The van der Waals surface area contributed by atoms with E-state index in [9.17, 15) is 4.79 Å². The van der Waals surface area contributed by atoms with Crippen molar-refractivity contribution in [3.8, 4) is 0 Å². The number of oxazole rings is 1. The molecule has 4 heteroatoms. The molecule has 0 saturated carbocycles. The first kappa shape index (κ1) is 9.66. The Labute approximate surface area is 92.7 Å². The molecule has 2 N–H and O–H groups in total. The summed E-state index contributed by atoms with van der Waals surface area (Å²) in [6.07, 6.45) is 0. The van der Waals surface area contributed by atoms with Gasteiger partial charge in [-0.15, -0.1) is 0 Å². The minimum absolute atomic E-state index is 0.268. The van der Waals surface area contributed by atoms with Gasteiger partial charge in [0.2, 0.25) is 0 Å². The highest BCUT2D eigenvalue weighted by Crippen LogP contribution is 2.40. The van der Waals surface area contributed by atoms with E-state index in [-0.39, 0.29) is 5.41 Å². The van der Waals surface area contributed by atoms with Crippen molar-refractivity contribution in [2.24, 2.45) is 5.41 Å². The van der Waals surface area contributed by atoms with Gasteiger partial charge in [0, 0.05) is 12.6 Å². The van der Waals surface area contributed by atoms with Gasteiger partial charge < -0.3 is 9.73 Å². The molecule has 1 aliphatic rings. The van der Waals surface area contributed by atoms with Crippen LogP contribution in [0.2, 0.25) is 0 Å². The quantitative estimate of drug-likeness (QED) is 0.767. The first-order chi connectivity index (χ1) is 7.56. The summed E-state index contributed by atoms with van der Waals surface area (Å²) < 4.78 is 5.06. The lowest BCUT2D eigenvalue weighted by atomic mass is 9.74. The number of fused-ring (bicyclic) bond motifs is 1. The summed E-state index contributed by atoms with van der Waals surface area (Å²) in [6.45, 7) is 5.48. The number of benzene rings is 1. The van der Waals surface area contributed by atoms with E-state index in [2.05, 4.69) is 24.1 Å². The van der Waals surface area contributed by atoms with Gasteiger partial charge in [0.1, 0.15) is 0 Å². The molecule has 2 aromatic rings. The predicted octanol–water partition coefficient (Wildman–Crippen LogP) is 1.79. The number of rotatable bonds is 1. The molecule has 3 rings (SSSR count). The monoisotopic (exact) mass is 218 g/mol. The highest BCUT2D eigenvalue weighted by atomic mass is 16.4. The van der Waals surface area contributed by atoms with Crippen molar-refractivity contribution < 1.29 is 4.42 Å². The van der Waals surface area contributed by atoms with E-state index < -0.39 is 5.76 Å². The molecular weight excluding hydrogens is 204 g/mol. The van der Waals surface area contributed by atoms with Crippen molar-refractivity contribution in [3.63, 3.8) is 0 Å². The molecule has 0 radical (unpaired) electrons. The topological polar surface area (TPSA) is 58.0 Å². The Morgan fingerprint density at radius 1 is 1.44 bits per heavy atom. The summed E-state index contributed by atoms with van der Waals surface area (Å²) in [5.74, 6) is -0.395. The van der Waals surface area contributed by atoms with Gasteiger partial charge >= 0.3 is 5.76 Å². The van der Waals surface area contributed by atoms with Gasteiger partial charge in [0.25, 0.3) is 0 Å². The van der Waals surface area contributed by atoms with E-state index in [1.54, 1.807) is 0 Å². The smallest absolute Gasteiger partial charge is 0.408 e. The van der Waals surface area contributed by atoms with Crippen molar-refractivity contribution in [1.29, 1.82) is 0 Å². The molecule has 0 amide bonds. The van der Waals surface area contributed by atoms with Gasteiger partial charge in [-0.1, -0.05) is 19.9 Å². The second-order valence-corrected chi connectivity index (χ2v) is 5.07. The first-order valence-corrected chi connectivity index (χ1v) is 5.42. The molecule has 1 atom stereocenters. The lowest BCUT2D eigenvalue weighted by molar-refractivity contribution is 0.128. The largest absolute Gasteiger partial charge is 0.417 e. The molecule has 0 bridgehead atoms. The van der Waals surface area contributed by atoms with Crippen molar-refractivity contribution in [1.82, 2.24) is 10.3 Å². The summed E-state index contributed by atoms with van der Waals surface area (Å²) in [6, 6.07) is 6.21. The molecule has 0 spiro atoms. The molecule has 16 heavy (non-hydrogen) atoms. The molecule has 1 fully saturated rings. The molecule has 1 saturated heterocycles. The Morgan fingerprint density at radius 3 is 2.88 bits per heavy atom. The van der Waals surface area contributed by atoms with Crippen LogP contribution in [-0.4, -0.2) is 11.5 Å². The van der Waals surface area contributed by atoms with Crippen LogP contribution in [0.25, 0.3) is 11.1 Å². The average molecular weight is 218 g/mol. The lowest BCUT2D eigenvalue weighted by Gasteiger charge is -2.46. The lowest BCUT2D eigenvalue weighted by Crippen LogP contribution is -2.52. The van der Waals surface area contributed by atoms with Gasteiger partial charge in [0.15, 0.2) is 5.58 Å². The second kappa shape index (κ2) is 2.98. The van der Waals surface area contributed by atoms with Gasteiger partial charge in [-0.2, -0.15) is 0 Å². The van der Waals surface area contributed by atoms with Crippen LogP contribution in [0.1, 0.15) is 25.5 Å². The Morgan fingerprint density at radius 2 is 2.25 bits per heavy atom. The molecular formula is C12H14N2O2. The maximum absolute atomic E-state index is 11.0. The van der Waals surface area contributed by atoms with Crippen molar-refractivity contribution in [2.45, 2.75) is 19.9 Å². The number of hydrogen-bond donors (Lipinski definition) is 2. The highest BCUT2D eigenvalue weighted by Gasteiger charge is 2.39. The Balaban J connectivity index is 2.08. The molecule has 1 aliphatic heterocycles. The van der Waals surface area contributed by atoms with Crippen LogP contribution in [0.4, 0.5) is 0 Å². The SMILES string of the molecule is CC1(C)CNC1c1ccc2[nH]c(=O)oc2c1. The maximum atomic E-state index is 11.0. The Bertz CT molecular complexity index is 594. The fourth-order valence-corrected chi connectivity index (χ4v) is 2.32. The predicted molar refractivity (Wildman–Crippen MR) is 61.4 cm³/mol. The number of aromatic amines is 1. The summed E-state index contributed by atoms with van der Waals surface area (Å²) in [4.78, 5) is 13.7. The van der Waals surface area contributed by atoms with E-state index in [4.69, 9.17) is 4.42 Å². The summed E-state index contributed by atoms with van der Waals surface area (Å²) in [7, 11) is 0. The van der Waals surface area contributed by atoms with E-state index in [0.717, 1.165) is 12.1 Å². The first-order valence-electron chi connectivity index (χ1n) is 5.42. The third kappa shape index (κ3) is 1.30. The third-order valence-corrected chi connectivity index (χ3v) is 3.32. The number of hydrogen-bond acceptors (Lipinski definition) is 3. The zero-order valence-electron chi connectivity index (χ0n) is 9.33. The molecule has 1 aromatic heterocycles. The van der Waals surface area contributed by atoms with Gasteiger partial charge in [0.05, 0.1) is 5.52 Å². The van der Waals surface area contributed by atoms with Crippen LogP contribution in [0.3, 0.4) is 0 Å². The second-order valence-electron chi connectivity index (χ2n) is 5.07. The summed E-state index contributed by atoms with van der Waals surface area (Å²) in [5, 5.41) is 3.39. The fourth-order valence-electron chi connectivity index (χ4n) is 2.32. The van der Waals surface area contributed by atoms with E-state index in [1.165, 1.54) is 5.56 Å². The molecule has 1 aromatic carbocycles. The average Bonchev–Trinajstić information content (AvgIpc) is 2.56. The van der Waals surface area contributed by atoms with Crippen LogP contribution in [0.5, 0.6) is 0 Å². The summed E-state index contributed by atoms with van der Waals surface area (Å²) >= 11 is 0. The van der Waals surface area contributed by atoms with Crippen LogP contribution in [-0.2, 0) is 0 Å². The normalized spacial score (nSPS) is 23.2.